The van der Waals surface area contributed by atoms with Crippen LogP contribution in [-0.2, 0) is 13.1 Å². The molecule has 2 atom stereocenters. The van der Waals surface area contributed by atoms with E-state index in [2.05, 4.69) is 90.3 Å². The Balaban J connectivity index is 0.0000110. The summed E-state index contributed by atoms with van der Waals surface area (Å²) in [6.45, 7) is 16.8. The van der Waals surface area contributed by atoms with Crippen LogP contribution in [0.25, 0.3) is 11.1 Å². The van der Waals surface area contributed by atoms with Crippen LogP contribution in [-0.4, -0.2) is 49.2 Å². The Bertz CT molecular complexity index is 910. The zero-order valence-corrected chi connectivity index (χ0v) is 34.2. The van der Waals surface area contributed by atoms with Crippen LogP contribution in [0.3, 0.4) is 0 Å². The SMILES string of the molecule is CCCCCCCCCC[N+](C)(CCCC)Cc1ccc(-c2ccc(C[N+](C)(CCCC)CCCCCCCCCC)cc2)cc1.[Cl-].[Cl-]. The van der Waals surface area contributed by atoms with Crippen LogP contribution < -0.4 is 24.8 Å². The van der Waals surface area contributed by atoms with Gasteiger partial charge >= 0.3 is 0 Å². The van der Waals surface area contributed by atoms with Gasteiger partial charge in [0.15, 0.2) is 0 Å². The average Bonchev–Trinajstić information content (AvgIpc) is 3.06. The molecule has 0 saturated carbocycles. The predicted octanol–water partition coefficient (Wildman–Crippen LogP) is 7.14. The first-order valence-corrected chi connectivity index (χ1v) is 20.2. The lowest BCUT2D eigenvalue weighted by Gasteiger charge is -2.35. The summed E-state index contributed by atoms with van der Waals surface area (Å²) >= 11 is 0. The van der Waals surface area contributed by atoms with Crippen LogP contribution in [0.5, 0.6) is 0 Å². The Hall–Kier alpha value is -1.06. The number of unbranched alkanes of at least 4 members (excludes halogenated alkanes) is 16. The van der Waals surface area contributed by atoms with Crippen molar-refractivity contribution in [2.45, 2.75) is 169 Å². The van der Waals surface area contributed by atoms with Crippen molar-refractivity contribution >= 4 is 0 Å². The smallest absolute Gasteiger partial charge is 0.104 e. The van der Waals surface area contributed by atoms with Gasteiger partial charge in [-0.25, -0.2) is 0 Å². The standard InChI is InChI=1S/C44H78N2.2ClH/c1-7-11-15-17-19-21-23-25-37-45(5,35-13-9-3)39-41-27-31-43(32-28-41)44-33-29-42(30-34-44)40-46(6,36-14-10-4)38-26-24-22-20-18-16-12-8-2;;/h27-34H,7-26,35-40H2,1-6H3;2*1H/q+2;;/p-2. The van der Waals surface area contributed by atoms with E-state index in [1.54, 1.807) is 0 Å². The van der Waals surface area contributed by atoms with E-state index in [0.29, 0.717) is 0 Å². The molecule has 0 amide bonds. The summed E-state index contributed by atoms with van der Waals surface area (Å²) in [5, 5.41) is 0. The molecule has 48 heavy (non-hydrogen) atoms. The average molecular weight is 706 g/mol. The zero-order chi connectivity index (χ0) is 33.4. The molecule has 2 nitrogen and oxygen atoms in total. The summed E-state index contributed by atoms with van der Waals surface area (Å²) in [6, 6.07) is 19.1. The van der Waals surface area contributed by atoms with E-state index in [9.17, 15) is 0 Å². The number of quaternary nitrogens is 2. The largest absolute Gasteiger partial charge is 1.00 e. The number of rotatable bonds is 29. The molecule has 0 N–H and O–H groups in total. The van der Waals surface area contributed by atoms with Crippen molar-refractivity contribution in [2.24, 2.45) is 0 Å². The van der Waals surface area contributed by atoms with E-state index >= 15 is 0 Å². The van der Waals surface area contributed by atoms with Gasteiger partial charge < -0.3 is 33.8 Å². The van der Waals surface area contributed by atoms with Crippen LogP contribution in [0.4, 0.5) is 0 Å². The lowest BCUT2D eigenvalue weighted by atomic mass is 10.0. The molecular formula is C44H78Cl2N2. The summed E-state index contributed by atoms with van der Waals surface area (Å²) in [4.78, 5) is 0. The van der Waals surface area contributed by atoms with Gasteiger partial charge in [0.25, 0.3) is 0 Å². The van der Waals surface area contributed by atoms with Crippen molar-refractivity contribution in [3.63, 3.8) is 0 Å². The molecule has 278 valence electrons. The molecule has 0 heterocycles. The Labute approximate surface area is 312 Å². The molecule has 0 aliphatic heterocycles. The molecule has 0 spiro atoms. The van der Waals surface area contributed by atoms with Gasteiger partial charge in [0.2, 0.25) is 0 Å². The summed E-state index contributed by atoms with van der Waals surface area (Å²) in [6.07, 6.45) is 27.7. The lowest BCUT2D eigenvalue weighted by molar-refractivity contribution is -0.923. The summed E-state index contributed by atoms with van der Waals surface area (Å²) in [7, 11) is 5.01. The highest BCUT2D eigenvalue weighted by atomic mass is 35.5. The summed E-state index contributed by atoms with van der Waals surface area (Å²) in [5.41, 5.74) is 5.68. The van der Waals surface area contributed by atoms with Crippen LogP contribution in [0.1, 0.15) is 167 Å². The Morgan fingerprint density at radius 3 is 0.875 bits per heavy atom. The van der Waals surface area contributed by atoms with Crippen LogP contribution in [0.2, 0.25) is 0 Å². The fourth-order valence-electron chi connectivity index (χ4n) is 7.36. The second kappa shape index (κ2) is 28.6. The number of halogens is 2. The number of benzene rings is 2. The lowest BCUT2D eigenvalue weighted by Crippen LogP contribution is -3.00. The number of nitrogens with zero attached hydrogens (tertiary/aromatic N) is 2. The first-order chi connectivity index (χ1) is 22.4. The molecule has 2 rings (SSSR count). The van der Waals surface area contributed by atoms with Crippen molar-refractivity contribution < 1.29 is 33.8 Å². The minimum atomic E-state index is 0. The Morgan fingerprint density at radius 2 is 0.583 bits per heavy atom. The molecule has 0 radical (unpaired) electrons. The second-order valence-electron chi connectivity index (χ2n) is 15.5. The van der Waals surface area contributed by atoms with Crippen molar-refractivity contribution in [1.29, 1.82) is 0 Å². The second-order valence-corrected chi connectivity index (χ2v) is 15.5. The third kappa shape index (κ3) is 20.6. The molecule has 2 aromatic rings. The van der Waals surface area contributed by atoms with Crippen molar-refractivity contribution in [3.8, 4) is 11.1 Å². The van der Waals surface area contributed by atoms with Gasteiger partial charge in [-0.05, 0) is 49.7 Å². The van der Waals surface area contributed by atoms with E-state index in [1.165, 1.54) is 186 Å². The minimum absolute atomic E-state index is 0. The maximum atomic E-state index is 2.50. The van der Waals surface area contributed by atoms with Gasteiger partial charge in [-0.15, -0.1) is 0 Å². The maximum absolute atomic E-state index is 2.50. The van der Waals surface area contributed by atoms with Gasteiger partial charge in [0.1, 0.15) is 13.1 Å². The number of hydrogen-bond acceptors (Lipinski definition) is 0. The first-order valence-electron chi connectivity index (χ1n) is 20.2. The van der Waals surface area contributed by atoms with Crippen molar-refractivity contribution in [2.75, 3.05) is 40.3 Å². The normalized spacial score (nSPS) is 13.7. The van der Waals surface area contributed by atoms with Gasteiger partial charge in [-0.3, -0.25) is 0 Å². The van der Waals surface area contributed by atoms with Crippen LogP contribution in [0.15, 0.2) is 48.5 Å². The monoisotopic (exact) mass is 705 g/mol. The van der Waals surface area contributed by atoms with Gasteiger partial charge in [-0.1, -0.05) is 166 Å². The summed E-state index contributed by atoms with van der Waals surface area (Å²) < 4.78 is 2.37. The predicted molar refractivity (Wildman–Crippen MR) is 206 cm³/mol. The highest BCUT2D eigenvalue weighted by Crippen LogP contribution is 2.25. The molecule has 0 fully saturated rings. The third-order valence-electron chi connectivity index (χ3n) is 10.6. The molecule has 0 aromatic heterocycles. The molecule has 4 heteroatoms. The third-order valence-corrected chi connectivity index (χ3v) is 10.6. The first kappa shape index (κ1) is 46.9. The molecule has 2 aromatic carbocycles. The van der Waals surface area contributed by atoms with Gasteiger partial charge in [0.05, 0.1) is 40.3 Å². The minimum Gasteiger partial charge on any atom is -1.00 e. The van der Waals surface area contributed by atoms with Gasteiger partial charge in [0, 0.05) is 11.1 Å². The number of hydrogen-bond donors (Lipinski definition) is 0. The van der Waals surface area contributed by atoms with E-state index in [4.69, 9.17) is 0 Å². The van der Waals surface area contributed by atoms with Gasteiger partial charge in [-0.2, -0.15) is 0 Å². The highest BCUT2D eigenvalue weighted by molar-refractivity contribution is 5.63. The molecule has 0 bridgehead atoms. The fourth-order valence-corrected chi connectivity index (χ4v) is 7.36. The van der Waals surface area contributed by atoms with Crippen molar-refractivity contribution in [3.05, 3.63) is 59.7 Å². The topological polar surface area (TPSA) is 0 Å². The van der Waals surface area contributed by atoms with Crippen LogP contribution in [0, 0.1) is 0 Å². The highest BCUT2D eigenvalue weighted by Gasteiger charge is 2.22. The Morgan fingerprint density at radius 1 is 0.333 bits per heavy atom. The molecule has 0 saturated heterocycles. The maximum Gasteiger partial charge on any atom is 0.104 e. The molecule has 2 unspecified atom stereocenters. The van der Waals surface area contributed by atoms with E-state index in [1.807, 2.05) is 0 Å². The Kier molecular flexibility index (Phi) is 28.0. The van der Waals surface area contributed by atoms with Crippen LogP contribution >= 0.6 is 0 Å². The molecule has 0 aliphatic rings. The zero-order valence-electron chi connectivity index (χ0n) is 32.7. The van der Waals surface area contributed by atoms with E-state index < -0.39 is 0 Å². The molecule has 0 aliphatic carbocycles. The summed E-state index contributed by atoms with van der Waals surface area (Å²) in [5.74, 6) is 0. The quantitative estimate of drug-likeness (QED) is 0.0624. The van der Waals surface area contributed by atoms with E-state index in [-0.39, 0.29) is 24.8 Å². The fraction of sp³-hybridized carbons (Fsp3) is 0.727. The van der Waals surface area contributed by atoms with Crippen molar-refractivity contribution in [1.82, 2.24) is 0 Å². The molecular weight excluding hydrogens is 627 g/mol. The van der Waals surface area contributed by atoms with E-state index in [0.717, 1.165) is 13.1 Å².